The zero-order valence-corrected chi connectivity index (χ0v) is 11.9. The quantitative estimate of drug-likeness (QED) is 0.856. The lowest BCUT2D eigenvalue weighted by molar-refractivity contribution is -0.144. The van der Waals surface area contributed by atoms with Crippen molar-refractivity contribution in [2.45, 2.75) is 32.4 Å². The molecule has 0 fully saturated rings. The molecule has 0 bridgehead atoms. The first-order chi connectivity index (χ1) is 9.94. The van der Waals surface area contributed by atoms with E-state index >= 15 is 0 Å². The molecule has 0 aliphatic heterocycles. The molecule has 2 rings (SSSR count). The molecule has 1 atom stereocenters. The summed E-state index contributed by atoms with van der Waals surface area (Å²) < 4.78 is 18.4. The summed E-state index contributed by atoms with van der Waals surface area (Å²) in [5, 5.41) is 12.1. The lowest BCUT2D eigenvalue weighted by atomic mass is 9.99. The summed E-state index contributed by atoms with van der Waals surface area (Å²) in [7, 11) is 0. The molecule has 5 nitrogen and oxygen atoms in total. The fourth-order valence-electron chi connectivity index (χ4n) is 1.76. The number of benzene rings is 1. The van der Waals surface area contributed by atoms with Crippen LogP contribution in [0.1, 0.15) is 26.2 Å². The largest absolute Gasteiger partial charge is 0.480 e. The highest BCUT2D eigenvalue weighted by Gasteiger charge is 2.30. The van der Waals surface area contributed by atoms with Gasteiger partial charge in [-0.05, 0) is 37.6 Å². The fourth-order valence-corrected chi connectivity index (χ4v) is 1.76. The summed E-state index contributed by atoms with van der Waals surface area (Å²) in [6, 6.07) is 5.88. The van der Waals surface area contributed by atoms with Crippen molar-refractivity contribution in [3.05, 3.63) is 42.2 Å². The van der Waals surface area contributed by atoms with E-state index in [-0.39, 0.29) is 12.4 Å². The van der Waals surface area contributed by atoms with E-state index in [9.17, 15) is 14.3 Å². The Hall–Kier alpha value is -2.21. The van der Waals surface area contributed by atoms with Crippen LogP contribution in [-0.4, -0.2) is 21.6 Å². The Morgan fingerprint density at radius 2 is 2.10 bits per heavy atom. The van der Waals surface area contributed by atoms with Gasteiger partial charge in [0.1, 0.15) is 11.4 Å². The Labute approximate surface area is 121 Å². The van der Waals surface area contributed by atoms with Gasteiger partial charge in [-0.3, -0.25) is 10.1 Å². The number of hydrogen-bond acceptors (Lipinski definition) is 4. The van der Waals surface area contributed by atoms with Crippen molar-refractivity contribution in [2.24, 2.45) is 0 Å². The van der Waals surface area contributed by atoms with Crippen molar-refractivity contribution in [3.63, 3.8) is 0 Å². The number of hydrogen-bond donors (Lipinski definition) is 2. The van der Waals surface area contributed by atoms with Crippen LogP contribution < -0.4 is 5.32 Å². The second kappa shape index (κ2) is 6.05. The lowest BCUT2D eigenvalue weighted by Crippen LogP contribution is -2.48. The lowest BCUT2D eigenvalue weighted by Gasteiger charge is -2.23. The molecule has 0 spiro atoms. The summed E-state index contributed by atoms with van der Waals surface area (Å²) in [5.41, 5.74) is -0.309. The summed E-state index contributed by atoms with van der Waals surface area (Å²) in [5.74, 6) is -0.341. The molecule has 0 aliphatic rings. The molecule has 2 N–H and O–H groups in total. The average Bonchev–Trinajstić information content (AvgIpc) is 2.94. The van der Waals surface area contributed by atoms with E-state index in [0.29, 0.717) is 23.6 Å². The van der Waals surface area contributed by atoms with E-state index in [2.05, 4.69) is 10.3 Å². The van der Waals surface area contributed by atoms with Crippen LogP contribution in [0, 0.1) is 5.82 Å². The third kappa shape index (κ3) is 3.46. The van der Waals surface area contributed by atoms with Crippen LogP contribution in [0.2, 0.25) is 0 Å². The van der Waals surface area contributed by atoms with Gasteiger partial charge in [-0.15, -0.1) is 0 Å². The summed E-state index contributed by atoms with van der Waals surface area (Å²) >= 11 is 0. The molecule has 1 aromatic heterocycles. The Morgan fingerprint density at radius 1 is 1.43 bits per heavy atom. The zero-order valence-electron chi connectivity index (χ0n) is 11.9. The van der Waals surface area contributed by atoms with Crippen molar-refractivity contribution >= 4 is 5.97 Å². The average molecular weight is 292 g/mol. The summed E-state index contributed by atoms with van der Waals surface area (Å²) in [6.07, 6.45) is 1.97. The standard InChI is InChI=1S/C15H17FN2O3/c1-3-15(2,14(19)20)18-9-13-17-8-12(21-13)10-4-6-11(16)7-5-10/h4-8,18H,3,9H2,1-2H3,(H,19,20). The van der Waals surface area contributed by atoms with E-state index in [4.69, 9.17) is 4.42 Å². The van der Waals surface area contributed by atoms with Crippen molar-refractivity contribution < 1.29 is 18.7 Å². The van der Waals surface area contributed by atoms with Gasteiger partial charge in [-0.1, -0.05) is 6.92 Å². The number of aliphatic carboxylic acids is 1. The molecule has 0 saturated heterocycles. The highest BCUT2D eigenvalue weighted by molar-refractivity contribution is 5.78. The van der Waals surface area contributed by atoms with Gasteiger partial charge in [0.05, 0.1) is 12.7 Å². The molecule has 0 radical (unpaired) electrons. The highest BCUT2D eigenvalue weighted by atomic mass is 19.1. The molecule has 112 valence electrons. The maximum Gasteiger partial charge on any atom is 0.323 e. The first kappa shape index (κ1) is 15.2. The first-order valence-corrected chi connectivity index (χ1v) is 6.63. The van der Waals surface area contributed by atoms with Gasteiger partial charge < -0.3 is 9.52 Å². The number of nitrogens with zero attached hydrogens (tertiary/aromatic N) is 1. The molecular weight excluding hydrogens is 275 g/mol. The van der Waals surface area contributed by atoms with E-state index in [1.807, 2.05) is 0 Å². The third-order valence-corrected chi connectivity index (χ3v) is 3.49. The third-order valence-electron chi connectivity index (χ3n) is 3.49. The second-order valence-electron chi connectivity index (χ2n) is 4.97. The van der Waals surface area contributed by atoms with Crippen LogP contribution in [0.5, 0.6) is 0 Å². The van der Waals surface area contributed by atoms with E-state index in [0.717, 1.165) is 0 Å². The molecule has 0 saturated carbocycles. The molecule has 0 aliphatic carbocycles. The van der Waals surface area contributed by atoms with Crippen molar-refractivity contribution in [1.29, 1.82) is 0 Å². The molecule has 1 heterocycles. The SMILES string of the molecule is CCC(C)(NCc1ncc(-c2ccc(F)cc2)o1)C(=O)O. The van der Waals surface area contributed by atoms with Crippen molar-refractivity contribution in [3.8, 4) is 11.3 Å². The van der Waals surface area contributed by atoms with Gasteiger partial charge in [0.15, 0.2) is 5.76 Å². The van der Waals surface area contributed by atoms with E-state index in [1.54, 1.807) is 26.0 Å². The van der Waals surface area contributed by atoms with Crippen LogP contribution in [0.4, 0.5) is 4.39 Å². The number of carbonyl (C=O) groups is 1. The van der Waals surface area contributed by atoms with E-state index in [1.165, 1.54) is 18.3 Å². The highest BCUT2D eigenvalue weighted by Crippen LogP contribution is 2.21. The van der Waals surface area contributed by atoms with Crippen molar-refractivity contribution in [2.75, 3.05) is 0 Å². The Balaban J connectivity index is 2.07. The monoisotopic (exact) mass is 292 g/mol. The minimum Gasteiger partial charge on any atom is -0.480 e. The van der Waals surface area contributed by atoms with Gasteiger partial charge in [-0.25, -0.2) is 9.37 Å². The van der Waals surface area contributed by atoms with Crippen LogP contribution in [0.25, 0.3) is 11.3 Å². The van der Waals surface area contributed by atoms with Gasteiger partial charge in [0.2, 0.25) is 5.89 Å². The Morgan fingerprint density at radius 3 is 2.67 bits per heavy atom. The predicted octanol–water partition coefficient (Wildman–Crippen LogP) is 2.82. The second-order valence-corrected chi connectivity index (χ2v) is 4.97. The maximum atomic E-state index is 12.9. The molecule has 0 amide bonds. The summed E-state index contributed by atoms with van der Waals surface area (Å²) in [4.78, 5) is 15.3. The van der Waals surface area contributed by atoms with Crippen LogP contribution in [0.15, 0.2) is 34.9 Å². The first-order valence-electron chi connectivity index (χ1n) is 6.63. The molecule has 1 unspecified atom stereocenters. The minimum atomic E-state index is -1.02. The van der Waals surface area contributed by atoms with E-state index < -0.39 is 11.5 Å². The zero-order chi connectivity index (χ0) is 15.5. The molecule has 1 aromatic carbocycles. The molecule has 6 heteroatoms. The van der Waals surface area contributed by atoms with Gasteiger partial charge >= 0.3 is 5.97 Å². The van der Waals surface area contributed by atoms with Gasteiger partial charge in [0, 0.05) is 5.56 Å². The predicted molar refractivity (Wildman–Crippen MR) is 75.1 cm³/mol. The van der Waals surface area contributed by atoms with Crippen LogP contribution >= 0.6 is 0 Å². The number of carboxylic acid groups (broad SMARTS) is 1. The van der Waals surface area contributed by atoms with Crippen LogP contribution in [0.3, 0.4) is 0 Å². The number of carboxylic acids is 1. The van der Waals surface area contributed by atoms with Crippen LogP contribution in [-0.2, 0) is 11.3 Å². The summed E-state index contributed by atoms with van der Waals surface area (Å²) in [6.45, 7) is 3.61. The number of rotatable bonds is 6. The number of oxazole rings is 1. The number of halogens is 1. The smallest absolute Gasteiger partial charge is 0.323 e. The Bertz CT molecular complexity index is 624. The van der Waals surface area contributed by atoms with Gasteiger partial charge in [0.25, 0.3) is 0 Å². The topological polar surface area (TPSA) is 75.4 Å². The molecule has 2 aromatic rings. The number of aromatic nitrogens is 1. The van der Waals surface area contributed by atoms with Gasteiger partial charge in [-0.2, -0.15) is 0 Å². The van der Waals surface area contributed by atoms with Crippen molar-refractivity contribution in [1.82, 2.24) is 10.3 Å². The normalized spacial score (nSPS) is 13.9. The number of nitrogens with one attached hydrogen (secondary N) is 1. The molecule has 21 heavy (non-hydrogen) atoms. The Kier molecular flexibility index (Phi) is 4.37. The minimum absolute atomic E-state index is 0.206. The fraction of sp³-hybridized carbons (Fsp3) is 0.333. The molecular formula is C15H17FN2O3. The maximum absolute atomic E-state index is 12.9.